The first-order valence-electron chi connectivity index (χ1n) is 7.96. The van der Waals surface area contributed by atoms with Gasteiger partial charge >= 0.3 is 0 Å². The molecule has 0 N–H and O–H groups in total. The van der Waals surface area contributed by atoms with Crippen LogP contribution in [0, 0.1) is 0 Å². The molecule has 0 saturated carbocycles. The largest absolute Gasteiger partial charge is 0.357 e. The van der Waals surface area contributed by atoms with Gasteiger partial charge in [0.25, 0.3) is 0 Å². The van der Waals surface area contributed by atoms with Crippen molar-refractivity contribution in [3.05, 3.63) is 69.7 Å². The normalized spacial score (nSPS) is 23.3. The van der Waals surface area contributed by atoms with Crippen molar-refractivity contribution in [2.45, 2.75) is 25.1 Å². The standard InChI is InChI=1S/C19H18BrNO2/c20-15-6-7-17-14(10-15)8-9-21-16(12-23-19(17)21)11-18(22)13-4-2-1-3-5-13/h1-7,10,16,19H,8-9,11-12H2/t16-,19+/m1/s1. The van der Waals surface area contributed by atoms with E-state index in [4.69, 9.17) is 4.74 Å². The lowest BCUT2D eigenvalue weighted by Crippen LogP contribution is -2.39. The van der Waals surface area contributed by atoms with Crippen molar-refractivity contribution < 1.29 is 9.53 Å². The van der Waals surface area contributed by atoms with Crippen LogP contribution >= 0.6 is 15.9 Å². The molecule has 2 aromatic carbocycles. The first-order valence-corrected chi connectivity index (χ1v) is 8.75. The average Bonchev–Trinajstić information content (AvgIpc) is 2.98. The van der Waals surface area contributed by atoms with Crippen LogP contribution in [0.25, 0.3) is 0 Å². The summed E-state index contributed by atoms with van der Waals surface area (Å²) < 4.78 is 7.14. The topological polar surface area (TPSA) is 29.5 Å². The van der Waals surface area contributed by atoms with Crippen LogP contribution in [-0.2, 0) is 11.2 Å². The predicted octanol–water partition coefficient (Wildman–Crippen LogP) is 3.98. The van der Waals surface area contributed by atoms with Gasteiger partial charge in [0.1, 0.15) is 6.23 Å². The predicted molar refractivity (Wildman–Crippen MR) is 92.4 cm³/mol. The molecule has 2 aliphatic heterocycles. The molecule has 3 nitrogen and oxygen atoms in total. The van der Waals surface area contributed by atoms with Crippen molar-refractivity contribution in [1.29, 1.82) is 0 Å². The number of fused-ring (bicyclic) bond motifs is 3. The summed E-state index contributed by atoms with van der Waals surface area (Å²) >= 11 is 3.53. The Morgan fingerprint density at radius 3 is 2.87 bits per heavy atom. The van der Waals surface area contributed by atoms with Gasteiger partial charge in [-0.3, -0.25) is 9.69 Å². The van der Waals surface area contributed by atoms with E-state index in [1.54, 1.807) is 0 Å². The second-order valence-electron chi connectivity index (χ2n) is 6.16. The summed E-state index contributed by atoms with van der Waals surface area (Å²) in [6.45, 7) is 1.57. The molecule has 0 aromatic heterocycles. The van der Waals surface area contributed by atoms with E-state index in [0.29, 0.717) is 13.0 Å². The van der Waals surface area contributed by atoms with E-state index in [1.807, 2.05) is 30.3 Å². The van der Waals surface area contributed by atoms with Crippen LogP contribution < -0.4 is 0 Å². The van der Waals surface area contributed by atoms with Gasteiger partial charge < -0.3 is 4.74 Å². The van der Waals surface area contributed by atoms with Gasteiger partial charge in [-0.05, 0) is 29.7 Å². The molecule has 2 atom stereocenters. The molecule has 0 unspecified atom stereocenters. The van der Waals surface area contributed by atoms with Crippen molar-refractivity contribution >= 4 is 21.7 Å². The number of carbonyl (C=O) groups excluding carboxylic acids is 1. The van der Waals surface area contributed by atoms with E-state index >= 15 is 0 Å². The molecule has 0 aliphatic carbocycles. The number of rotatable bonds is 3. The quantitative estimate of drug-likeness (QED) is 0.764. The van der Waals surface area contributed by atoms with Crippen LogP contribution in [0.5, 0.6) is 0 Å². The van der Waals surface area contributed by atoms with Gasteiger partial charge in [-0.1, -0.05) is 52.3 Å². The number of carbonyl (C=O) groups is 1. The number of halogens is 1. The Hall–Kier alpha value is -1.49. The van der Waals surface area contributed by atoms with Crippen molar-refractivity contribution in [2.75, 3.05) is 13.2 Å². The average molecular weight is 372 g/mol. The number of hydrogen-bond acceptors (Lipinski definition) is 3. The minimum Gasteiger partial charge on any atom is -0.357 e. The summed E-state index contributed by atoms with van der Waals surface area (Å²) in [6.07, 6.45) is 1.53. The van der Waals surface area contributed by atoms with Crippen LogP contribution in [0.2, 0.25) is 0 Å². The molecule has 1 saturated heterocycles. The zero-order valence-electron chi connectivity index (χ0n) is 12.7. The third-order valence-corrected chi connectivity index (χ3v) is 5.24. The Morgan fingerprint density at radius 2 is 2.04 bits per heavy atom. The van der Waals surface area contributed by atoms with Gasteiger partial charge in [-0.2, -0.15) is 0 Å². The monoisotopic (exact) mass is 371 g/mol. The third-order valence-electron chi connectivity index (χ3n) is 4.74. The molecule has 1 fully saturated rings. The van der Waals surface area contributed by atoms with Crippen molar-refractivity contribution in [3.8, 4) is 0 Å². The molecule has 0 spiro atoms. The number of Topliss-reactive ketones (excluding diaryl/α,β-unsaturated/α-hetero) is 1. The summed E-state index contributed by atoms with van der Waals surface area (Å²) in [4.78, 5) is 14.8. The van der Waals surface area contributed by atoms with E-state index in [0.717, 1.165) is 23.0 Å². The van der Waals surface area contributed by atoms with Gasteiger partial charge in [0, 0.05) is 29.0 Å². The summed E-state index contributed by atoms with van der Waals surface area (Å²) in [5.41, 5.74) is 3.38. The lowest BCUT2D eigenvalue weighted by molar-refractivity contribution is 0.0215. The van der Waals surface area contributed by atoms with Crippen molar-refractivity contribution in [3.63, 3.8) is 0 Å². The molecule has 2 heterocycles. The fourth-order valence-corrected chi connectivity index (χ4v) is 3.98. The van der Waals surface area contributed by atoms with Crippen LogP contribution in [0.15, 0.2) is 53.0 Å². The second-order valence-corrected chi connectivity index (χ2v) is 7.08. The Labute approximate surface area is 144 Å². The maximum absolute atomic E-state index is 12.5. The van der Waals surface area contributed by atoms with Crippen LogP contribution in [0.1, 0.15) is 34.1 Å². The van der Waals surface area contributed by atoms with E-state index in [2.05, 4.69) is 39.0 Å². The number of nitrogens with zero attached hydrogens (tertiary/aromatic N) is 1. The summed E-state index contributed by atoms with van der Waals surface area (Å²) in [6, 6.07) is 16.1. The molecule has 4 rings (SSSR count). The Bertz CT molecular complexity index is 731. The minimum atomic E-state index is 0.000392. The van der Waals surface area contributed by atoms with E-state index in [-0.39, 0.29) is 18.1 Å². The number of hydrogen-bond donors (Lipinski definition) is 0. The second kappa shape index (κ2) is 6.19. The van der Waals surface area contributed by atoms with E-state index in [9.17, 15) is 4.79 Å². The Morgan fingerprint density at radius 1 is 1.22 bits per heavy atom. The Kier molecular flexibility index (Phi) is 4.05. The van der Waals surface area contributed by atoms with Gasteiger partial charge in [0.05, 0.1) is 6.61 Å². The molecule has 2 aliphatic rings. The maximum Gasteiger partial charge on any atom is 0.164 e. The number of ketones is 1. The molecular weight excluding hydrogens is 354 g/mol. The molecule has 2 aromatic rings. The van der Waals surface area contributed by atoms with Crippen LogP contribution in [0.3, 0.4) is 0 Å². The maximum atomic E-state index is 12.5. The lowest BCUT2D eigenvalue weighted by atomic mass is 9.96. The minimum absolute atomic E-state index is 0.000392. The lowest BCUT2D eigenvalue weighted by Gasteiger charge is -2.33. The van der Waals surface area contributed by atoms with Gasteiger partial charge in [0.2, 0.25) is 0 Å². The first kappa shape index (κ1) is 15.1. The van der Waals surface area contributed by atoms with Gasteiger partial charge in [0.15, 0.2) is 5.78 Å². The Balaban J connectivity index is 1.52. The molecule has 0 radical (unpaired) electrons. The highest BCUT2D eigenvalue weighted by Crippen LogP contribution is 2.38. The first-order chi connectivity index (χ1) is 11.2. The fraction of sp³-hybridized carbons (Fsp3) is 0.316. The molecule has 118 valence electrons. The molecular formula is C19H18BrNO2. The highest BCUT2D eigenvalue weighted by molar-refractivity contribution is 9.10. The van der Waals surface area contributed by atoms with E-state index < -0.39 is 0 Å². The summed E-state index contributed by atoms with van der Waals surface area (Å²) in [5, 5.41) is 0. The van der Waals surface area contributed by atoms with Crippen LogP contribution in [-0.4, -0.2) is 29.9 Å². The molecule has 0 amide bonds. The number of benzene rings is 2. The molecule has 23 heavy (non-hydrogen) atoms. The summed E-state index contributed by atoms with van der Waals surface area (Å²) in [7, 11) is 0. The van der Waals surface area contributed by atoms with Crippen molar-refractivity contribution in [1.82, 2.24) is 4.90 Å². The van der Waals surface area contributed by atoms with Crippen molar-refractivity contribution in [2.24, 2.45) is 0 Å². The fourth-order valence-electron chi connectivity index (χ4n) is 3.57. The molecule has 0 bridgehead atoms. The summed E-state index contributed by atoms with van der Waals surface area (Å²) in [5.74, 6) is 0.196. The third kappa shape index (κ3) is 2.87. The zero-order chi connectivity index (χ0) is 15.8. The van der Waals surface area contributed by atoms with Crippen LogP contribution in [0.4, 0.5) is 0 Å². The zero-order valence-corrected chi connectivity index (χ0v) is 14.3. The highest BCUT2D eigenvalue weighted by atomic mass is 79.9. The highest BCUT2D eigenvalue weighted by Gasteiger charge is 2.39. The van der Waals surface area contributed by atoms with Gasteiger partial charge in [-0.15, -0.1) is 0 Å². The van der Waals surface area contributed by atoms with Gasteiger partial charge in [-0.25, -0.2) is 0 Å². The molecule has 4 heteroatoms. The van der Waals surface area contributed by atoms with E-state index in [1.165, 1.54) is 11.1 Å². The SMILES string of the molecule is O=C(C[C@@H]1CO[C@H]2c3ccc(Br)cc3CCN12)c1ccccc1. The number of ether oxygens (including phenoxy) is 1. The smallest absolute Gasteiger partial charge is 0.164 e.